The highest BCUT2D eigenvalue weighted by atomic mass is 32.2. The lowest BCUT2D eigenvalue weighted by Gasteiger charge is -2.14. The monoisotopic (exact) mass is 380 g/mol. The molecule has 0 saturated heterocycles. The number of anilines is 1. The molecule has 27 heavy (non-hydrogen) atoms. The Labute approximate surface area is 159 Å². The molecule has 0 aliphatic heterocycles. The molecular formula is C21H20N2O3S. The standard InChI is InChI=1S/C21H20N2O3S/c1-14-4-7-17(8-5-14)27(25,26)23-20-9-6-15(2)12-19(20)21(24)18-10-11-22-13-16(18)3/h4-13,23H,1-3H3. The van der Waals surface area contributed by atoms with Gasteiger partial charge < -0.3 is 0 Å². The molecule has 3 rings (SSSR count). The van der Waals surface area contributed by atoms with E-state index in [1.165, 1.54) is 0 Å². The van der Waals surface area contributed by atoms with E-state index in [0.717, 1.165) is 16.7 Å². The summed E-state index contributed by atoms with van der Waals surface area (Å²) < 4.78 is 28.0. The third kappa shape index (κ3) is 4.06. The van der Waals surface area contributed by atoms with Crippen LogP contribution >= 0.6 is 0 Å². The summed E-state index contributed by atoms with van der Waals surface area (Å²) in [6, 6.07) is 13.3. The summed E-state index contributed by atoms with van der Waals surface area (Å²) >= 11 is 0. The summed E-state index contributed by atoms with van der Waals surface area (Å²) in [6.45, 7) is 5.54. The van der Waals surface area contributed by atoms with Crippen molar-refractivity contribution in [1.29, 1.82) is 0 Å². The van der Waals surface area contributed by atoms with Crippen LogP contribution in [0.3, 0.4) is 0 Å². The van der Waals surface area contributed by atoms with Crippen molar-refractivity contribution in [3.8, 4) is 0 Å². The fraction of sp³-hybridized carbons (Fsp3) is 0.143. The zero-order valence-electron chi connectivity index (χ0n) is 15.4. The average molecular weight is 380 g/mol. The van der Waals surface area contributed by atoms with Crippen molar-refractivity contribution in [1.82, 2.24) is 4.98 Å². The summed E-state index contributed by atoms with van der Waals surface area (Å²) in [7, 11) is -3.81. The number of sulfonamides is 1. The molecule has 5 nitrogen and oxygen atoms in total. The molecular weight excluding hydrogens is 360 g/mol. The van der Waals surface area contributed by atoms with Crippen molar-refractivity contribution < 1.29 is 13.2 Å². The highest BCUT2D eigenvalue weighted by Crippen LogP contribution is 2.25. The molecule has 0 atom stereocenters. The molecule has 0 aliphatic carbocycles. The maximum absolute atomic E-state index is 13.0. The predicted octanol–water partition coefficient (Wildman–Crippen LogP) is 4.04. The molecule has 3 aromatic rings. The molecule has 2 aromatic carbocycles. The maximum Gasteiger partial charge on any atom is 0.261 e. The highest BCUT2D eigenvalue weighted by Gasteiger charge is 2.20. The largest absolute Gasteiger partial charge is 0.289 e. The number of nitrogens with one attached hydrogen (secondary N) is 1. The van der Waals surface area contributed by atoms with E-state index in [2.05, 4.69) is 9.71 Å². The van der Waals surface area contributed by atoms with Gasteiger partial charge in [0.25, 0.3) is 10.0 Å². The number of hydrogen-bond donors (Lipinski definition) is 1. The summed E-state index contributed by atoms with van der Waals surface area (Å²) in [5.41, 5.74) is 3.61. The number of pyridine rings is 1. The van der Waals surface area contributed by atoms with Crippen molar-refractivity contribution in [3.05, 3.63) is 88.7 Å². The van der Waals surface area contributed by atoms with Gasteiger partial charge in [-0.1, -0.05) is 29.3 Å². The van der Waals surface area contributed by atoms with Crippen LogP contribution in [0.5, 0.6) is 0 Å². The van der Waals surface area contributed by atoms with Crippen molar-refractivity contribution in [2.45, 2.75) is 25.7 Å². The van der Waals surface area contributed by atoms with Gasteiger partial charge in [-0.2, -0.15) is 0 Å². The first-order chi connectivity index (χ1) is 12.8. The third-order valence-electron chi connectivity index (χ3n) is 4.26. The van der Waals surface area contributed by atoms with E-state index in [9.17, 15) is 13.2 Å². The molecule has 1 aromatic heterocycles. The summed E-state index contributed by atoms with van der Waals surface area (Å²) in [5, 5.41) is 0. The first-order valence-electron chi connectivity index (χ1n) is 8.43. The van der Waals surface area contributed by atoms with Gasteiger partial charge in [0.05, 0.1) is 10.6 Å². The Bertz CT molecular complexity index is 1100. The van der Waals surface area contributed by atoms with Crippen LogP contribution in [0.1, 0.15) is 32.6 Å². The molecule has 0 saturated carbocycles. The Morgan fingerprint density at radius 1 is 0.889 bits per heavy atom. The zero-order valence-corrected chi connectivity index (χ0v) is 16.2. The lowest BCUT2D eigenvalue weighted by Crippen LogP contribution is -2.16. The number of carbonyl (C=O) groups excluding carboxylic acids is 1. The molecule has 6 heteroatoms. The number of ketones is 1. The van der Waals surface area contributed by atoms with Gasteiger partial charge in [-0.05, 0) is 56.7 Å². The lowest BCUT2D eigenvalue weighted by molar-refractivity contribution is 0.103. The quantitative estimate of drug-likeness (QED) is 0.678. The summed E-state index contributed by atoms with van der Waals surface area (Å²) in [4.78, 5) is 17.2. The van der Waals surface area contributed by atoms with Crippen molar-refractivity contribution >= 4 is 21.5 Å². The fourth-order valence-electron chi connectivity index (χ4n) is 2.73. The van der Waals surface area contributed by atoms with Gasteiger partial charge in [0, 0.05) is 23.5 Å². The second-order valence-corrected chi connectivity index (χ2v) is 8.17. The predicted molar refractivity (Wildman–Crippen MR) is 106 cm³/mol. The Morgan fingerprint density at radius 2 is 1.56 bits per heavy atom. The number of benzene rings is 2. The van der Waals surface area contributed by atoms with Gasteiger partial charge in [0.15, 0.2) is 5.78 Å². The molecule has 0 bridgehead atoms. The van der Waals surface area contributed by atoms with Crippen LogP contribution in [0.25, 0.3) is 0 Å². The van der Waals surface area contributed by atoms with Gasteiger partial charge >= 0.3 is 0 Å². The van der Waals surface area contributed by atoms with Crippen LogP contribution in [0.4, 0.5) is 5.69 Å². The number of rotatable bonds is 5. The van der Waals surface area contributed by atoms with Crippen molar-refractivity contribution in [2.75, 3.05) is 4.72 Å². The second-order valence-electron chi connectivity index (χ2n) is 6.49. The number of aryl methyl sites for hydroxylation is 3. The minimum Gasteiger partial charge on any atom is -0.289 e. The Hall–Kier alpha value is -2.99. The molecule has 1 heterocycles. The maximum atomic E-state index is 13.0. The Morgan fingerprint density at radius 3 is 2.22 bits per heavy atom. The van der Waals surface area contributed by atoms with Crippen molar-refractivity contribution in [3.63, 3.8) is 0 Å². The molecule has 0 amide bonds. The van der Waals surface area contributed by atoms with Gasteiger partial charge in [-0.15, -0.1) is 0 Å². The van der Waals surface area contributed by atoms with Crippen molar-refractivity contribution in [2.24, 2.45) is 0 Å². The average Bonchev–Trinajstić information content (AvgIpc) is 2.63. The van der Waals surface area contributed by atoms with Gasteiger partial charge in [-0.25, -0.2) is 8.42 Å². The summed E-state index contributed by atoms with van der Waals surface area (Å²) in [5.74, 6) is -0.250. The fourth-order valence-corrected chi connectivity index (χ4v) is 3.81. The molecule has 0 spiro atoms. The van der Waals surface area contributed by atoms with Gasteiger partial charge in [0.1, 0.15) is 0 Å². The van der Waals surface area contributed by atoms with E-state index in [0.29, 0.717) is 11.1 Å². The van der Waals surface area contributed by atoms with Gasteiger partial charge in [0.2, 0.25) is 0 Å². The first kappa shape index (κ1) is 18.8. The highest BCUT2D eigenvalue weighted by molar-refractivity contribution is 7.92. The van der Waals surface area contributed by atoms with Crippen LogP contribution in [0.15, 0.2) is 65.8 Å². The topological polar surface area (TPSA) is 76.1 Å². The summed E-state index contributed by atoms with van der Waals surface area (Å²) in [6.07, 6.45) is 3.16. The second kappa shape index (κ2) is 7.32. The normalized spacial score (nSPS) is 11.2. The van der Waals surface area contributed by atoms with Crippen LogP contribution in [0.2, 0.25) is 0 Å². The van der Waals surface area contributed by atoms with E-state index < -0.39 is 10.0 Å². The molecule has 0 unspecified atom stereocenters. The Balaban J connectivity index is 2.03. The zero-order chi connectivity index (χ0) is 19.6. The lowest BCUT2D eigenvalue weighted by atomic mass is 9.98. The molecule has 0 radical (unpaired) electrons. The number of aromatic nitrogens is 1. The molecule has 0 aliphatic rings. The van der Waals surface area contributed by atoms with E-state index >= 15 is 0 Å². The van der Waals surface area contributed by atoms with Crippen LogP contribution in [-0.2, 0) is 10.0 Å². The van der Waals surface area contributed by atoms with E-state index in [1.807, 2.05) is 13.8 Å². The van der Waals surface area contributed by atoms with E-state index in [1.54, 1.807) is 67.8 Å². The number of hydrogen-bond acceptors (Lipinski definition) is 4. The smallest absolute Gasteiger partial charge is 0.261 e. The van der Waals surface area contributed by atoms with Crippen LogP contribution in [0, 0.1) is 20.8 Å². The first-order valence-corrected chi connectivity index (χ1v) is 9.92. The van der Waals surface area contributed by atoms with E-state index in [4.69, 9.17) is 0 Å². The van der Waals surface area contributed by atoms with E-state index in [-0.39, 0.29) is 16.4 Å². The molecule has 1 N–H and O–H groups in total. The third-order valence-corrected chi connectivity index (χ3v) is 5.64. The molecule has 138 valence electrons. The minimum atomic E-state index is -3.81. The number of nitrogens with zero attached hydrogens (tertiary/aromatic N) is 1. The minimum absolute atomic E-state index is 0.146. The van der Waals surface area contributed by atoms with Crippen LogP contribution < -0.4 is 4.72 Å². The number of carbonyl (C=O) groups is 1. The molecule has 0 fully saturated rings. The van der Waals surface area contributed by atoms with Gasteiger partial charge in [-0.3, -0.25) is 14.5 Å². The SMILES string of the molecule is Cc1ccc(S(=O)(=O)Nc2ccc(C)cc2C(=O)c2ccncc2C)cc1. The Kier molecular flexibility index (Phi) is 5.10. The van der Waals surface area contributed by atoms with Crippen LogP contribution in [-0.4, -0.2) is 19.2 Å².